The average molecular weight is 347 g/mol. The molecule has 16 heteroatoms. The van der Waals surface area contributed by atoms with Crippen LogP contribution < -0.4 is 0 Å². The van der Waals surface area contributed by atoms with Gasteiger partial charge >= 0.3 is 16.8 Å². The molecule has 1 radical (unpaired) electrons. The molecule has 0 atom stereocenters. The summed E-state index contributed by atoms with van der Waals surface area (Å²) in [4.78, 5) is 0. The summed E-state index contributed by atoms with van der Waals surface area (Å²) in [6, 6.07) is 0. The van der Waals surface area contributed by atoms with E-state index in [1.54, 1.807) is 0 Å². The number of rotatable bonds is 0. The van der Waals surface area contributed by atoms with Crippen LogP contribution in [0.1, 0.15) is 0 Å². The van der Waals surface area contributed by atoms with Gasteiger partial charge in [0.05, 0.1) is 0 Å². The minimum Gasteiger partial charge on any atom is -0.759 e. The minimum absolute atomic E-state index is 0. The van der Waals surface area contributed by atoms with Gasteiger partial charge in [-0.3, -0.25) is 25.3 Å². The van der Waals surface area contributed by atoms with E-state index in [1.807, 2.05) is 0 Å². The molecule has 0 N–H and O–H groups in total. The van der Waals surface area contributed by atoms with Crippen molar-refractivity contribution in [2.45, 2.75) is 0 Å². The summed E-state index contributed by atoms with van der Waals surface area (Å²) in [5, 5.41) is 0. The van der Waals surface area contributed by atoms with Gasteiger partial charge in [0.25, 0.3) is 0 Å². The summed E-state index contributed by atoms with van der Waals surface area (Å²) >= 11 is 0. The molecule has 0 amide bonds. The first-order valence-corrected chi connectivity index (χ1v) is 6.00. The molecule has 0 unspecified atom stereocenters. The fourth-order valence-electron chi connectivity index (χ4n) is 0. The van der Waals surface area contributed by atoms with Crippen LogP contribution in [0.15, 0.2) is 0 Å². The van der Waals surface area contributed by atoms with Crippen LogP contribution in [-0.2, 0) is 48.0 Å². The first kappa shape index (κ1) is 25.1. The van der Waals surface area contributed by atoms with Crippen molar-refractivity contribution < 1.29 is 69.3 Å². The Labute approximate surface area is 101 Å². The van der Waals surface area contributed by atoms with Crippen LogP contribution in [0, 0.1) is 0 Å². The van der Waals surface area contributed by atoms with Crippen molar-refractivity contribution in [3.63, 3.8) is 0 Å². The maximum absolute atomic E-state index is 8.52. The monoisotopic (exact) mass is 347 g/mol. The molecule has 0 saturated heterocycles. The summed E-state index contributed by atoms with van der Waals surface area (Å²) in [7, 11) is -15.5. The normalized spacial score (nSPS) is 10.9. The maximum atomic E-state index is 8.52. The summed E-state index contributed by atoms with van der Waals surface area (Å²) in [6.45, 7) is 0. The summed E-state index contributed by atoms with van der Waals surface area (Å²) in [6.07, 6.45) is 0. The van der Waals surface area contributed by atoms with Crippen LogP contribution in [0.5, 0.6) is 0 Å². The fourth-order valence-corrected chi connectivity index (χ4v) is 0. The van der Waals surface area contributed by atoms with Gasteiger partial charge in [0.15, 0.2) is 0 Å². The van der Waals surface area contributed by atoms with Crippen LogP contribution in [-0.4, -0.2) is 52.6 Å². The van der Waals surface area contributed by atoms with Crippen LogP contribution in [0.4, 0.5) is 0 Å². The Balaban J connectivity index is -0.0000000655. The molecule has 0 aliphatic heterocycles. The fraction of sp³-hybridized carbons (Fsp3) is 0. The van der Waals surface area contributed by atoms with Crippen LogP contribution in [0.25, 0.3) is 0 Å². The minimum atomic E-state index is -5.17. The topological polar surface area (TPSA) is 241 Å². The van der Waals surface area contributed by atoms with E-state index in [2.05, 4.69) is 0 Å². The first-order chi connectivity index (χ1) is 6.00. The Kier molecular flexibility index (Phi) is 14.4. The van der Waals surface area contributed by atoms with Crippen molar-refractivity contribution in [2.24, 2.45) is 0 Å². The van der Waals surface area contributed by atoms with Gasteiger partial charge in [-0.15, -0.1) is 0 Å². The molecule has 0 aromatic carbocycles. The Morgan fingerprint density at radius 3 is 0.438 bits per heavy atom. The maximum Gasteiger partial charge on any atom is 6.00 e. The van der Waals surface area contributed by atoms with Crippen molar-refractivity contribution in [2.75, 3.05) is 0 Å². The largest absolute Gasteiger partial charge is 6.00 e. The molecule has 99 valence electrons. The predicted molar refractivity (Wildman–Crippen MR) is 31.4 cm³/mol. The van der Waals surface area contributed by atoms with E-state index in [0.29, 0.717) is 0 Å². The van der Waals surface area contributed by atoms with E-state index in [0.717, 1.165) is 0 Å². The molecule has 0 aromatic heterocycles. The van der Waals surface area contributed by atoms with Gasteiger partial charge in [-0.05, 0) is 0 Å². The van der Waals surface area contributed by atoms with E-state index < -0.39 is 31.2 Å². The molecule has 16 heavy (non-hydrogen) atoms. The second-order valence-corrected chi connectivity index (χ2v) is 3.67. The van der Waals surface area contributed by atoms with Gasteiger partial charge in [-0.1, -0.05) is 0 Å². The van der Waals surface area contributed by atoms with Gasteiger partial charge in [0.2, 0.25) is 0 Å². The zero-order valence-corrected chi connectivity index (χ0v) is 9.95. The number of hydrogen-bond donors (Lipinski definition) is 0. The Morgan fingerprint density at radius 1 is 0.438 bits per heavy atom. The Bertz CT molecular complexity index is 337. The quantitative estimate of drug-likeness (QED) is 0.300. The van der Waals surface area contributed by atoms with Gasteiger partial charge in [0.1, 0.15) is 0 Å². The zero-order valence-electron chi connectivity index (χ0n) is 6.46. The van der Waals surface area contributed by atoms with Crippen LogP contribution >= 0.6 is 0 Å². The third kappa shape index (κ3) is 179000. The molecule has 0 saturated carbocycles. The second kappa shape index (κ2) is 9.18. The Morgan fingerprint density at radius 2 is 0.438 bits per heavy atom. The summed E-state index contributed by atoms with van der Waals surface area (Å²) in [5.41, 5.74) is 0. The first-order valence-electron chi connectivity index (χ1n) is 2.00. The van der Waals surface area contributed by atoms with Gasteiger partial charge in [0, 0.05) is 31.2 Å². The molecule has 0 fully saturated rings. The van der Waals surface area contributed by atoms with Crippen molar-refractivity contribution >= 4 is 31.2 Å². The van der Waals surface area contributed by atoms with Crippen LogP contribution in [0.3, 0.4) is 0 Å². The van der Waals surface area contributed by atoms with Gasteiger partial charge in [-0.25, -0.2) is 0 Å². The van der Waals surface area contributed by atoms with E-state index in [4.69, 9.17) is 52.6 Å². The molecule has 0 heterocycles. The SMILES string of the molecule is O=S(=O)([O-])[O-].O=S(=O)([O-])[O-].O=S(=O)([O-])[O-].[Co+6]. The molecule has 0 aromatic rings. The molecule has 0 bridgehead atoms. The standard InChI is InChI=1S/Co.3H2O4S/c;3*1-5(2,3)4/h;3*(H2,1,2,3,4)/q+6;;;/p-6. The third-order valence-electron chi connectivity index (χ3n) is 0. The molecule has 0 rings (SSSR count). The third-order valence-corrected chi connectivity index (χ3v) is 0. The van der Waals surface area contributed by atoms with Gasteiger partial charge in [-0.2, -0.15) is 0 Å². The predicted octanol–water partition coefficient (Wildman–Crippen LogP) is -4.02. The van der Waals surface area contributed by atoms with Crippen molar-refractivity contribution in [3.8, 4) is 0 Å². The van der Waals surface area contributed by atoms with Crippen molar-refractivity contribution in [1.82, 2.24) is 0 Å². The van der Waals surface area contributed by atoms with Crippen molar-refractivity contribution in [1.29, 1.82) is 0 Å². The molecular weight excluding hydrogens is 347 g/mol. The summed E-state index contributed by atoms with van der Waals surface area (Å²) in [5.74, 6) is 0. The Hall–Kier alpha value is 0.116. The van der Waals surface area contributed by atoms with Crippen LogP contribution in [0.2, 0.25) is 0 Å². The molecule has 12 nitrogen and oxygen atoms in total. The van der Waals surface area contributed by atoms with E-state index in [-0.39, 0.29) is 16.8 Å². The zero-order chi connectivity index (χ0) is 13.5. The molecule has 0 spiro atoms. The van der Waals surface area contributed by atoms with E-state index in [9.17, 15) is 0 Å². The molecule has 0 aliphatic rings. The second-order valence-electron chi connectivity index (χ2n) is 1.22. The van der Waals surface area contributed by atoms with E-state index in [1.165, 1.54) is 0 Å². The average Bonchev–Trinajstić information content (AvgIpc) is 1.41. The number of hydrogen-bond acceptors (Lipinski definition) is 12. The van der Waals surface area contributed by atoms with Crippen molar-refractivity contribution in [3.05, 3.63) is 0 Å². The molecular formula is CoO12S3. The van der Waals surface area contributed by atoms with Gasteiger partial charge < -0.3 is 27.3 Å². The smallest absolute Gasteiger partial charge is 0.759 e. The summed E-state index contributed by atoms with van der Waals surface area (Å²) < 4.78 is 102. The molecule has 0 aliphatic carbocycles. The van der Waals surface area contributed by atoms with E-state index >= 15 is 0 Å².